The molecule has 0 aliphatic carbocycles. The second kappa shape index (κ2) is 18.5. The van der Waals surface area contributed by atoms with Crippen LogP contribution >= 0.6 is 0 Å². The van der Waals surface area contributed by atoms with Crippen LogP contribution in [-0.4, -0.2) is 67.4 Å². The Bertz CT molecular complexity index is 1010. The maximum absolute atomic E-state index is 13.4. The number of aromatic nitrogens is 1. The van der Waals surface area contributed by atoms with Gasteiger partial charge in [-0.2, -0.15) is 0 Å². The maximum Gasteiger partial charge on any atom is 0.178 e. The predicted octanol–water partition coefficient (Wildman–Crippen LogP) is 6.71. The summed E-state index contributed by atoms with van der Waals surface area (Å²) in [7, 11) is 4.18. The fourth-order valence-corrected chi connectivity index (χ4v) is 4.42. The summed E-state index contributed by atoms with van der Waals surface area (Å²) < 4.78 is 18.8. The minimum absolute atomic E-state index is 0.330. The summed E-state index contributed by atoms with van der Waals surface area (Å²) in [4.78, 5) is 20.9. The smallest absolute Gasteiger partial charge is 0.178 e. The first-order valence-corrected chi connectivity index (χ1v) is 14.0. The Kier molecular flexibility index (Phi) is 16.2. The fourth-order valence-electron chi connectivity index (χ4n) is 4.42. The highest BCUT2D eigenvalue weighted by atomic mass is 19.1. The van der Waals surface area contributed by atoms with Crippen LogP contribution in [0.4, 0.5) is 4.39 Å². The molecule has 212 valence electrons. The molecule has 0 aliphatic heterocycles. The molecule has 0 saturated carbocycles. The first-order chi connectivity index (χ1) is 18.2. The molecule has 0 aliphatic rings. The zero-order valence-electron chi connectivity index (χ0n) is 25.0. The minimum atomic E-state index is -0.330. The molecule has 0 aromatic carbocycles. The molecule has 0 amide bonds. The van der Waals surface area contributed by atoms with E-state index in [1.54, 1.807) is 6.92 Å². The van der Waals surface area contributed by atoms with Crippen LogP contribution in [0.15, 0.2) is 26.5 Å². The number of aliphatic imine (C=N–C) groups is 1. The lowest BCUT2D eigenvalue weighted by Gasteiger charge is -2.21. The van der Waals surface area contributed by atoms with E-state index in [0.29, 0.717) is 23.8 Å². The molecular formula is C31H49FN4O2. The number of rotatable bonds is 17. The highest BCUT2D eigenvalue weighted by molar-refractivity contribution is 5.80. The van der Waals surface area contributed by atoms with Crippen LogP contribution in [0.25, 0.3) is 6.08 Å². The van der Waals surface area contributed by atoms with Gasteiger partial charge in [-0.05, 0) is 97.0 Å². The van der Waals surface area contributed by atoms with Crippen molar-refractivity contribution in [1.29, 1.82) is 0 Å². The van der Waals surface area contributed by atoms with Crippen molar-refractivity contribution >= 4 is 18.2 Å². The number of carbonyl (C=O) groups is 1. The van der Waals surface area contributed by atoms with Crippen LogP contribution in [-0.2, 0) is 11.2 Å². The molecule has 0 fully saturated rings. The first-order valence-electron chi connectivity index (χ1n) is 14.0. The molecular weight excluding hydrogens is 479 g/mol. The highest BCUT2D eigenvalue weighted by Gasteiger charge is 2.18. The van der Waals surface area contributed by atoms with E-state index in [-0.39, 0.29) is 5.83 Å². The van der Waals surface area contributed by atoms with Crippen molar-refractivity contribution in [2.75, 3.05) is 40.3 Å². The van der Waals surface area contributed by atoms with Gasteiger partial charge in [-0.25, -0.2) is 4.39 Å². The highest BCUT2D eigenvalue weighted by Crippen LogP contribution is 2.24. The summed E-state index contributed by atoms with van der Waals surface area (Å²) in [6, 6.07) is 0. The van der Waals surface area contributed by atoms with Gasteiger partial charge >= 0.3 is 0 Å². The van der Waals surface area contributed by atoms with Gasteiger partial charge in [0.2, 0.25) is 0 Å². The van der Waals surface area contributed by atoms with Gasteiger partial charge in [-0.15, -0.1) is 5.92 Å². The van der Waals surface area contributed by atoms with Crippen LogP contribution < -0.4 is 0 Å². The molecule has 1 aromatic rings. The van der Waals surface area contributed by atoms with Crippen molar-refractivity contribution in [3.05, 3.63) is 34.0 Å². The zero-order valence-corrected chi connectivity index (χ0v) is 25.0. The summed E-state index contributed by atoms with van der Waals surface area (Å²) >= 11 is 0. The van der Waals surface area contributed by atoms with Gasteiger partial charge in [-0.1, -0.05) is 37.8 Å². The lowest BCUT2D eigenvalue weighted by Crippen LogP contribution is -2.25. The number of allylic oxidation sites excluding steroid dienone is 2. The van der Waals surface area contributed by atoms with Crippen molar-refractivity contribution in [1.82, 2.24) is 15.0 Å². The molecule has 0 N–H and O–H groups in total. The van der Waals surface area contributed by atoms with Crippen molar-refractivity contribution in [2.45, 2.75) is 86.5 Å². The second-order valence-electron chi connectivity index (χ2n) is 10.2. The third-order valence-corrected chi connectivity index (χ3v) is 6.80. The maximum atomic E-state index is 13.4. The van der Waals surface area contributed by atoms with Gasteiger partial charge in [-0.3, -0.25) is 9.79 Å². The summed E-state index contributed by atoms with van der Waals surface area (Å²) in [6.07, 6.45) is 9.07. The Labute approximate surface area is 230 Å². The molecule has 7 heteroatoms. The lowest BCUT2D eigenvalue weighted by atomic mass is 9.92. The fraction of sp³-hybridized carbons (Fsp3) is 0.645. The van der Waals surface area contributed by atoms with Crippen LogP contribution in [0.3, 0.4) is 0 Å². The van der Waals surface area contributed by atoms with E-state index >= 15 is 0 Å². The van der Waals surface area contributed by atoms with Crippen molar-refractivity contribution in [2.24, 2.45) is 10.9 Å². The Morgan fingerprint density at radius 2 is 1.87 bits per heavy atom. The summed E-state index contributed by atoms with van der Waals surface area (Å²) in [5.74, 6) is 7.45. The Hall–Kier alpha value is -2.72. The minimum Gasteiger partial charge on any atom is -0.364 e. The van der Waals surface area contributed by atoms with Crippen molar-refractivity contribution < 1.29 is 13.7 Å². The molecule has 6 nitrogen and oxygen atoms in total. The molecule has 1 aromatic heterocycles. The molecule has 0 saturated heterocycles. The number of carbonyl (C=O) groups excluding carboxylic acids is 1. The van der Waals surface area contributed by atoms with E-state index < -0.39 is 0 Å². The van der Waals surface area contributed by atoms with E-state index in [2.05, 4.69) is 59.7 Å². The molecule has 1 rings (SSSR count). The monoisotopic (exact) mass is 528 g/mol. The van der Waals surface area contributed by atoms with E-state index in [1.165, 1.54) is 13.0 Å². The SMILES string of the molecule is CC#Cc1c(CC(CCC)CCN(C)CCC/C(C=O)=C(\C)C/N=C(/C)N(C)CCC)noc1/C=C(\C)F. The number of aldehydes is 1. The number of hydrogen-bond acceptors (Lipinski definition) is 5. The molecule has 1 unspecified atom stereocenters. The third kappa shape index (κ3) is 12.2. The average molecular weight is 529 g/mol. The third-order valence-electron chi connectivity index (χ3n) is 6.80. The molecule has 0 radical (unpaired) electrons. The molecule has 0 spiro atoms. The molecule has 0 bridgehead atoms. The van der Waals surface area contributed by atoms with Gasteiger partial charge in [0.1, 0.15) is 17.8 Å². The van der Waals surface area contributed by atoms with Gasteiger partial charge in [0.15, 0.2) is 5.76 Å². The van der Waals surface area contributed by atoms with Crippen LogP contribution in [0, 0.1) is 17.8 Å². The normalized spacial score (nSPS) is 13.7. The second-order valence-corrected chi connectivity index (χ2v) is 10.2. The molecule has 1 heterocycles. The molecule has 38 heavy (non-hydrogen) atoms. The quantitative estimate of drug-likeness (QED) is 0.0739. The zero-order chi connectivity index (χ0) is 28.5. The topological polar surface area (TPSA) is 61.9 Å². The number of amidine groups is 1. The van der Waals surface area contributed by atoms with Crippen LogP contribution in [0.1, 0.15) is 97.1 Å². The average Bonchev–Trinajstić information content (AvgIpc) is 3.23. The number of nitrogens with zero attached hydrogens (tertiary/aromatic N) is 4. The van der Waals surface area contributed by atoms with E-state index in [0.717, 1.165) is 93.5 Å². The Morgan fingerprint density at radius 1 is 1.13 bits per heavy atom. The summed E-state index contributed by atoms with van der Waals surface area (Å²) in [5, 5.41) is 4.22. The number of halogens is 1. The Morgan fingerprint density at radius 3 is 2.47 bits per heavy atom. The molecule has 1 atom stereocenters. The first kappa shape index (κ1) is 33.3. The summed E-state index contributed by atoms with van der Waals surface area (Å²) in [5.41, 5.74) is 3.41. The van der Waals surface area contributed by atoms with Crippen molar-refractivity contribution in [3.8, 4) is 11.8 Å². The van der Waals surface area contributed by atoms with E-state index in [9.17, 15) is 9.18 Å². The van der Waals surface area contributed by atoms with E-state index in [1.807, 2.05) is 13.8 Å². The van der Waals surface area contributed by atoms with Gasteiger partial charge in [0.05, 0.1) is 17.9 Å². The van der Waals surface area contributed by atoms with Gasteiger partial charge < -0.3 is 14.3 Å². The Balaban J connectivity index is 2.67. The standard InChI is InChI=1S/C31H49FN4O2/c1-9-13-27(21-30-29(14-10-2)31(38-34-30)20-25(5)32)16-19-35(7)18-12-15-28(23-37)24(4)22-33-26(6)36(8)17-11-3/h20,23,27H,9,11-13,15-19,21-22H2,1-8H3/b25-20+,28-24-,33-26-. The number of hydrogen-bond donors (Lipinski definition) is 0. The van der Waals surface area contributed by atoms with Gasteiger partial charge in [0, 0.05) is 19.7 Å². The van der Waals surface area contributed by atoms with Crippen molar-refractivity contribution in [3.63, 3.8) is 0 Å². The van der Waals surface area contributed by atoms with Crippen LogP contribution in [0.2, 0.25) is 0 Å². The summed E-state index contributed by atoms with van der Waals surface area (Å²) in [6.45, 7) is 15.0. The van der Waals surface area contributed by atoms with Gasteiger partial charge in [0.25, 0.3) is 0 Å². The largest absolute Gasteiger partial charge is 0.364 e. The predicted molar refractivity (Wildman–Crippen MR) is 157 cm³/mol. The van der Waals surface area contributed by atoms with E-state index in [4.69, 9.17) is 4.52 Å². The lowest BCUT2D eigenvalue weighted by molar-refractivity contribution is -0.105. The van der Waals surface area contributed by atoms with Crippen LogP contribution in [0.5, 0.6) is 0 Å².